The zero-order valence-electron chi connectivity index (χ0n) is 19.5. The zero-order valence-corrected chi connectivity index (χ0v) is 21.1. The Morgan fingerprint density at radius 1 is 0.412 bits per heavy atom. The number of hydrogen-bond donors (Lipinski definition) is 0. The summed E-state index contributed by atoms with van der Waals surface area (Å²) >= 11 is 3.59. The van der Waals surface area contributed by atoms with Crippen molar-refractivity contribution in [3.05, 3.63) is 143 Å². The van der Waals surface area contributed by atoms with Gasteiger partial charge >= 0.3 is 0 Å². The first-order valence-corrected chi connectivity index (χ1v) is 12.4. The largest absolute Gasteiger partial charge is 0.0622 e. The molecule has 0 aliphatic rings. The van der Waals surface area contributed by atoms with E-state index in [4.69, 9.17) is 0 Å². The van der Waals surface area contributed by atoms with Crippen LogP contribution in [0, 0.1) is 0 Å². The molecule has 5 aromatic carbocycles. The molecule has 0 amide bonds. The van der Waals surface area contributed by atoms with Crippen molar-refractivity contribution in [1.82, 2.24) is 0 Å². The molecule has 5 aromatic rings. The highest BCUT2D eigenvalue weighted by molar-refractivity contribution is 9.10. The summed E-state index contributed by atoms with van der Waals surface area (Å²) in [7, 11) is 0. The molecule has 0 radical (unpaired) electrons. The number of hydrogen-bond acceptors (Lipinski definition) is 0. The summed E-state index contributed by atoms with van der Waals surface area (Å²) < 4.78 is 1.09. The van der Waals surface area contributed by atoms with Gasteiger partial charge in [-0.3, -0.25) is 0 Å². The third-order valence-corrected chi connectivity index (χ3v) is 7.15. The molecule has 5 rings (SSSR count). The van der Waals surface area contributed by atoms with Crippen LogP contribution in [0.4, 0.5) is 0 Å². The molecule has 0 N–H and O–H groups in total. The summed E-state index contributed by atoms with van der Waals surface area (Å²) in [6.07, 6.45) is 0. The minimum Gasteiger partial charge on any atom is -0.0622 e. The molecule has 0 bridgehead atoms. The van der Waals surface area contributed by atoms with Crippen LogP contribution in [0.1, 0.15) is 25.0 Å². The van der Waals surface area contributed by atoms with Gasteiger partial charge in [0.15, 0.2) is 0 Å². The Morgan fingerprint density at radius 3 is 1.38 bits per heavy atom. The average Bonchev–Trinajstić information content (AvgIpc) is 2.89. The van der Waals surface area contributed by atoms with Gasteiger partial charge in [0, 0.05) is 9.89 Å². The molecule has 1 heteroatoms. The van der Waals surface area contributed by atoms with Gasteiger partial charge in [-0.05, 0) is 68.8 Å². The van der Waals surface area contributed by atoms with E-state index in [-0.39, 0.29) is 5.41 Å². The maximum absolute atomic E-state index is 3.59. The Labute approximate surface area is 211 Å². The fraction of sp³-hybridized carbons (Fsp3) is 0.0909. The van der Waals surface area contributed by atoms with Crippen LogP contribution in [-0.2, 0) is 5.41 Å². The van der Waals surface area contributed by atoms with Crippen molar-refractivity contribution < 1.29 is 0 Å². The van der Waals surface area contributed by atoms with Gasteiger partial charge in [-0.25, -0.2) is 0 Å². The van der Waals surface area contributed by atoms with Crippen LogP contribution in [-0.4, -0.2) is 0 Å². The van der Waals surface area contributed by atoms with Crippen LogP contribution >= 0.6 is 15.9 Å². The van der Waals surface area contributed by atoms with Crippen molar-refractivity contribution in [3.63, 3.8) is 0 Å². The molecule has 0 spiro atoms. The standard InChI is InChI=1S/C33H27Br/c1-33(2,30-14-4-3-5-15-30)31-19-17-24(18-20-31)25-9-6-10-26(21-25)27-11-7-12-28(22-27)29-13-8-16-32(34)23-29/h3-23H,1-2H3. The molecule has 34 heavy (non-hydrogen) atoms. The fourth-order valence-corrected chi connectivity index (χ4v) is 4.92. The van der Waals surface area contributed by atoms with E-state index in [0.29, 0.717) is 0 Å². The second-order valence-electron chi connectivity index (χ2n) is 9.24. The Kier molecular flexibility index (Phi) is 6.22. The van der Waals surface area contributed by atoms with Gasteiger partial charge in [0.25, 0.3) is 0 Å². The lowest BCUT2D eigenvalue weighted by Gasteiger charge is -2.26. The molecule has 0 heterocycles. The van der Waals surface area contributed by atoms with E-state index < -0.39 is 0 Å². The Balaban J connectivity index is 1.45. The minimum atomic E-state index is -0.0332. The minimum absolute atomic E-state index is 0.0332. The highest BCUT2D eigenvalue weighted by Crippen LogP contribution is 2.34. The molecule has 0 aliphatic carbocycles. The van der Waals surface area contributed by atoms with Crippen LogP contribution in [0.15, 0.2) is 132 Å². The number of halogens is 1. The highest BCUT2D eigenvalue weighted by atomic mass is 79.9. The molecule has 0 nitrogen and oxygen atoms in total. The summed E-state index contributed by atoms with van der Waals surface area (Å²) in [5.74, 6) is 0. The van der Waals surface area contributed by atoms with Crippen LogP contribution in [0.25, 0.3) is 33.4 Å². The molecule has 0 saturated heterocycles. The van der Waals surface area contributed by atoms with Crippen molar-refractivity contribution >= 4 is 15.9 Å². The van der Waals surface area contributed by atoms with E-state index in [0.717, 1.165) is 4.47 Å². The van der Waals surface area contributed by atoms with Gasteiger partial charge < -0.3 is 0 Å². The van der Waals surface area contributed by atoms with Crippen LogP contribution in [0.2, 0.25) is 0 Å². The van der Waals surface area contributed by atoms with Gasteiger partial charge in [-0.2, -0.15) is 0 Å². The molecule has 0 fully saturated rings. The van der Waals surface area contributed by atoms with Crippen molar-refractivity contribution in [2.45, 2.75) is 19.3 Å². The molecule has 0 unspecified atom stereocenters. The first-order valence-electron chi connectivity index (χ1n) is 11.6. The molecular formula is C33H27Br. The van der Waals surface area contributed by atoms with Gasteiger partial charge in [-0.1, -0.05) is 133 Å². The monoisotopic (exact) mass is 502 g/mol. The summed E-state index contributed by atoms with van der Waals surface area (Å²) in [4.78, 5) is 0. The molecule has 0 atom stereocenters. The van der Waals surface area contributed by atoms with Gasteiger partial charge in [0.1, 0.15) is 0 Å². The first-order chi connectivity index (χ1) is 16.5. The lowest BCUT2D eigenvalue weighted by atomic mass is 9.78. The predicted molar refractivity (Wildman–Crippen MR) is 149 cm³/mol. The first kappa shape index (κ1) is 22.4. The van der Waals surface area contributed by atoms with Gasteiger partial charge in [0.05, 0.1) is 0 Å². The third-order valence-electron chi connectivity index (χ3n) is 6.65. The lowest BCUT2D eigenvalue weighted by molar-refractivity contribution is 0.641. The quantitative estimate of drug-likeness (QED) is 0.224. The molecule has 0 saturated carbocycles. The second kappa shape index (κ2) is 9.44. The fourth-order valence-electron chi connectivity index (χ4n) is 4.53. The smallest absolute Gasteiger partial charge is 0.0181 e. The Bertz CT molecular complexity index is 1410. The van der Waals surface area contributed by atoms with Crippen LogP contribution in [0.5, 0.6) is 0 Å². The number of benzene rings is 5. The van der Waals surface area contributed by atoms with Crippen molar-refractivity contribution in [1.29, 1.82) is 0 Å². The summed E-state index contributed by atoms with van der Waals surface area (Å²) in [6, 6.07) is 45.8. The second-order valence-corrected chi connectivity index (χ2v) is 10.2. The average molecular weight is 503 g/mol. The predicted octanol–water partition coefficient (Wildman–Crippen LogP) is 9.78. The SMILES string of the molecule is CC(C)(c1ccccc1)c1ccc(-c2cccc(-c3cccc(-c4cccc(Br)c4)c3)c2)cc1. The van der Waals surface area contributed by atoms with E-state index >= 15 is 0 Å². The van der Waals surface area contributed by atoms with Crippen LogP contribution < -0.4 is 0 Å². The normalized spacial score (nSPS) is 11.4. The molecule has 0 aromatic heterocycles. The maximum atomic E-state index is 3.59. The van der Waals surface area contributed by atoms with Crippen molar-refractivity contribution in [2.24, 2.45) is 0 Å². The maximum Gasteiger partial charge on any atom is 0.0181 e. The van der Waals surface area contributed by atoms with Crippen molar-refractivity contribution in [3.8, 4) is 33.4 Å². The topological polar surface area (TPSA) is 0 Å². The van der Waals surface area contributed by atoms with Gasteiger partial charge in [-0.15, -0.1) is 0 Å². The summed E-state index contributed by atoms with van der Waals surface area (Å²) in [6.45, 7) is 4.58. The number of rotatable bonds is 5. The van der Waals surface area contributed by atoms with Crippen molar-refractivity contribution in [2.75, 3.05) is 0 Å². The van der Waals surface area contributed by atoms with E-state index in [1.54, 1.807) is 0 Å². The highest BCUT2D eigenvalue weighted by Gasteiger charge is 2.22. The summed E-state index contributed by atoms with van der Waals surface area (Å²) in [5, 5.41) is 0. The zero-order chi connectivity index (χ0) is 23.5. The van der Waals surface area contributed by atoms with E-state index in [2.05, 4.69) is 157 Å². The molecule has 166 valence electrons. The Morgan fingerprint density at radius 2 is 0.853 bits per heavy atom. The molecular weight excluding hydrogens is 476 g/mol. The van der Waals surface area contributed by atoms with E-state index in [9.17, 15) is 0 Å². The third kappa shape index (κ3) is 4.62. The lowest BCUT2D eigenvalue weighted by Crippen LogP contribution is -2.18. The summed E-state index contributed by atoms with van der Waals surface area (Å²) in [5.41, 5.74) is 9.96. The van der Waals surface area contributed by atoms with E-state index in [1.165, 1.54) is 44.5 Å². The van der Waals surface area contributed by atoms with E-state index in [1.807, 2.05) is 0 Å². The molecule has 0 aliphatic heterocycles. The van der Waals surface area contributed by atoms with Crippen LogP contribution in [0.3, 0.4) is 0 Å². The Hall–Kier alpha value is -3.42. The van der Waals surface area contributed by atoms with Gasteiger partial charge in [0.2, 0.25) is 0 Å².